The number of rotatable bonds is 7. The third-order valence-electron chi connectivity index (χ3n) is 4.22. The van der Waals surface area contributed by atoms with Crippen LogP contribution >= 0.6 is 0 Å². The van der Waals surface area contributed by atoms with E-state index < -0.39 is 29.4 Å². The van der Waals surface area contributed by atoms with Crippen molar-refractivity contribution in [1.82, 2.24) is 15.5 Å². The second-order valence-corrected chi connectivity index (χ2v) is 9.62. The molecule has 4 N–H and O–H groups in total. The third-order valence-corrected chi connectivity index (χ3v) is 4.22. The molecule has 1 fully saturated rings. The van der Waals surface area contributed by atoms with Gasteiger partial charge < -0.3 is 25.4 Å². The zero-order valence-corrected chi connectivity index (χ0v) is 19.7. The summed E-state index contributed by atoms with van der Waals surface area (Å²) in [4.78, 5) is 42.5. The van der Waals surface area contributed by atoms with E-state index in [1.165, 1.54) is 0 Å². The number of alkyl carbamates (subject to hydrolysis) is 2. The van der Waals surface area contributed by atoms with Crippen LogP contribution < -0.4 is 16.4 Å². The molecule has 10 heteroatoms. The van der Waals surface area contributed by atoms with Gasteiger partial charge in [0.25, 0.3) is 0 Å². The first-order chi connectivity index (χ1) is 14.3. The Morgan fingerprint density at radius 1 is 0.968 bits per heavy atom. The van der Waals surface area contributed by atoms with Crippen molar-refractivity contribution in [3.8, 4) is 0 Å². The number of likely N-dealkylation sites (tertiary alicyclic amines) is 1. The van der Waals surface area contributed by atoms with Gasteiger partial charge in [0, 0.05) is 19.6 Å². The molecule has 0 radical (unpaired) electrons. The van der Waals surface area contributed by atoms with Gasteiger partial charge in [-0.1, -0.05) is 0 Å². The maximum absolute atomic E-state index is 12.8. The van der Waals surface area contributed by atoms with Crippen LogP contribution in [0.4, 0.5) is 9.59 Å². The molecule has 0 spiro atoms. The summed E-state index contributed by atoms with van der Waals surface area (Å²) in [5.74, 6) is -0.108. The molecule has 178 valence electrons. The number of nitrogens with zero attached hydrogens (tertiary/aromatic N) is 2. The van der Waals surface area contributed by atoms with Gasteiger partial charge in [-0.15, -0.1) is 0 Å². The Hall–Kier alpha value is -2.52. The predicted octanol–water partition coefficient (Wildman–Crippen LogP) is 2.51. The first kappa shape index (κ1) is 26.5. The van der Waals surface area contributed by atoms with Crippen LogP contribution in [0.25, 0.3) is 0 Å². The van der Waals surface area contributed by atoms with Gasteiger partial charge in [0.2, 0.25) is 5.91 Å². The summed E-state index contributed by atoms with van der Waals surface area (Å²) in [5, 5.41) is 5.08. The maximum Gasteiger partial charge on any atom is 0.414 e. The fourth-order valence-electron chi connectivity index (χ4n) is 2.97. The number of carbonyl (C=O) groups is 3. The molecule has 31 heavy (non-hydrogen) atoms. The lowest BCUT2D eigenvalue weighted by molar-refractivity contribution is -0.132. The molecule has 0 aliphatic carbocycles. The topological polar surface area (TPSA) is 135 Å². The van der Waals surface area contributed by atoms with E-state index in [-0.39, 0.29) is 11.9 Å². The van der Waals surface area contributed by atoms with Gasteiger partial charge in [-0.3, -0.25) is 15.1 Å². The highest BCUT2D eigenvalue weighted by atomic mass is 16.6. The summed E-state index contributed by atoms with van der Waals surface area (Å²) in [5.41, 5.74) is 4.43. The third kappa shape index (κ3) is 12.0. The molecule has 1 aliphatic rings. The first-order valence-corrected chi connectivity index (χ1v) is 10.8. The highest BCUT2D eigenvalue weighted by molar-refractivity contribution is 5.93. The Kier molecular flexibility index (Phi) is 10.1. The number of carbonyl (C=O) groups excluding carboxylic acids is 3. The predicted molar refractivity (Wildman–Crippen MR) is 119 cm³/mol. The number of unbranched alkanes of at least 4 members (excludes halogenated alkanes) is 1. The minimum absolute atomic E-state index is 0.0224. The molecular weight excluding hydrogens is 402 g/mol. The normalized spacial score (nSPS) is 15.9. The lowest BCUT2D eigenvalue weighted by Crippen LogP contribution is -2.49. The molecule has 0 aromatic heterocycles. The fraction of sp³-hybridized carbons (Fsp3) is 0.810. The van der Waals surface area contributed by atoms with E-state index in [4.69, 9.17) is 15.2 Å². The minimum Gasteiger partial charge on any atom is -0.444 e. The molecule has 1 heterocycles. The number of amides is 3. The summed E-state index contributed by atoms with van der Waals surface area (Å²) < 4.78 is 10.4. The molecule has 0 saturated carbocycles. The Morgan fingerprint density at radius 2 is 1.52 bits per heavy atom. The summed E-state index contributed by atoms with van der Waals surface area (Å²) >= 11 is 0. The summed E-state index contributed by atoms with van der Waals surface area (Å²) in [6.45, 7) is 12.4. The van der Waals surface area contributed by atoms with Gasteiger partial charge >= 0.3 is 12.2 Å². The number of nitrogens with one attached hydrogen (secondary N) is 2. The van der Waals surface area contributed by atoms with Crippen LogP contribution in [0.1, 0.15) is 73.6 Å². The second kappa shape index (κ2) is 11.8. The van der Waals surface area contributed by atoms with Crippen molar-refractivity contribution in [3.63, 3.8) is 0 Å². The quantitative estimate of drug-likeness (QED) is 0.316. The molecule has 0 aromatic carbocycles. The number of guanidine groups is 1. The van der Waals surface area contributed by atoms with E-state index in [0.29, 0.717) is 38.9 Å². The molecule has 3 amide bonds. The van der Waals surface area contributed by atoms with Crippen molar-refractivity contribution in [1.29, 1.82) is 0 Å². The zero-order valence-electron chi connectivity index (χ0n) is 19.7. The van der Waals surface area contributed by atoms with Crippen molar-refractivity contribution < 1.29 is 23.9 Å². The number of hydrogen-bond donors (Lipinski definition) is 3. The van der Waals surface area contributed by atoms with Crippen LogP contribution in [0.2, 0.25) is 0 Å². The minimum atomic E-state index is -0.661. The largest absolute Gasteiger partial charge is 0.444 e. The van der Waals surface area contributed by atoms with Gasteiger partial charge in [-0.05, 0) is 73.6 Å². The molecule has 0 bridgehead atoms. The molecular formula is C21H39N5O5. The van der Waals surface area contributed by atoms with Crippen molar-refractivity contribution in [3.05, 3.63) is 0 Å². The van der Waals surface area contributed by atoms with E-state index in [0.717, 1.165) is 12.8 Å². The molecule has 1 rings (SSSR count). The van der Waals surface area contributed by atoms with E-state index in [2.05, 4.69) is 15.6 Å². The lowest BCUT2D eigenvalue weighted by atomic mass is 10.1. The molecule has 0 aromatic rings. The van der Waals surface area contributed by atoms with Gasteiger partial charge in [-0.2, -0.15) is 0 Å². The van der Waals surface area contributed by atoms with Crippen LogP contribution in [-0.2, 0) is 14.3 Å². The number of hydrogen-bond acceptors (Lipinski definition) is 6. The van der Waals surface area contributed by atoms with E-state index in [1.54, 1.807) is 46.4 Å². The average molecular weight is 442 g/mol. The van der Waals surface area contributed by atoms with Crippen LogP contribution in [0.5, 0.6) is 0 Å². The lowest BCUT2D eigenvalue weighted by Gasteiger charge is -2.26. The molecule has 1 aliphatic heterocycles. The number of ether oxygens (including phenoxy) is 2. The molecule has 0 unspecified atom stereocenters. The smallest absolute Gasteiger partial charge is 0.414 e. The molecule has 1 atom stereocenters. The van der Waals surface area contributed by atoms with Crippen molar-refractivity contribution in [2.75, 3.05) is 19.6 Å². The van der Waals surface area contributed by atoms with E-state index in [1.807, 2.05) is 0 Å². The SMILES string of the molecule is CC(C)(C)OC(=O)NC(N)=NCCCC[C@H](NC(=O)OC(C)(C)C)C(=O)N1CCCC1. The van der Waals surface area contributed by atoms with E-state index >= 15 is 0 Å². The first-order valence-electron chi connectivity index (χ1n) is 10.8. The van der Waals surface area contributed by atoms with Crippen LogP contribution in [0, 0.1) is 0 Å². The van der Waals surface area contributed by atoms with Crippen molar-refractivity contribution >= 4 is 24.1 Å². The van der Waals surface area contributed by atoms with Crippen molar-refractivity contribution in [2.24, 2.45) is 10.7 Å². The van der Waals surface area contributed by atoms with Gasteiger partial charge in [0.05, 0.1) is 0 Å². The van der Waals surface area contributed by atoms with Crippen LogP contribution in [-0.4, -0.2) is 65.8 Å². The Morgan fingerprint density at radius 3 is 2.06 bits per heavy atom. The summed E-state index contributed by atoms with van der Waals surface area (Å²) in [6.07, 6.45) is 2.43. The fourth-order valence-corrected chi connectivity index (χ4v) is 2.97. The zero-order chi connectivity index (χ0) is 23.7. The highest BCUT2D eigenvalue weighted by Crippen LogP contribution is 2.14. The van der Waals surface area contributed by atoms with Gasteiger partial charge in [-0.25, -0.2) is 9.59 Å². The van der Waals surface area contributed by atoms with Gasteiger partial charge in [0.15, 0.2) is 5.96 Å². The average Bonchev–Trinajstić information content (AvgIpc) is 3.10. The van der Waals surface area contributed by atoms with Crippen LogP contribution in [0.3, 0.4) is 0 Å². The second-order valence-electron chi connectivity index (χ2n) is 9.62. The Labute approximate surface area is 185 Å². The standard InChI is InChI=1S/C21H39N5O5/c1-20(2,3)30-18(28)24-15(16(27)26-13-9-10-14-26)11-7-8-12-23-17(22)25-19(29)31-21(4,5)6/h15H,7-14H2,1-6H3,(H,24,28)(H3,22,23,25,29)/t15-/m0/s1. The highest BCUT2D eigenvalue weighted by Gasteiger charge is 2.29. The van der Waals surface area contributed by atoms with Crippen LogP contribution in [0.15, 0.2) is 4.99 Å². The Bertz CT molecular complexity index is 646. The number of nitrogens with two attached hydrogens (primary N) is 1. The van der Waals surface area contributed by atoms with Crippen molar-refractivity contribution in [2.45, 2.75) is 90.9 Å². The summed E-state index contributed by atoms with van der Waals surface area (Å²) in [6, 6.07) is -0.644. The monoisotopic (exact) mass is 441 g/mol. The van der Waals surface area contributed by atoms with E-state index in [9.17, 15) is 14.4 Å². The Balaban J connectivity index is 2.51. The maximum atomic E-state index is 12.8. The number of aliphatic imine (C=N–C) groups is 1. The van der Waals surface area contributed by atoms with Gasteiger partial charge in [0.1, 0.15) is 17.2 Å². The molecule has 1 saturated heterocycles. The molecule has 10 nitrogen and oxygen atoms in total. The summed E-state index contributed by atoms with van der Waals surface area (Å²) in [7, 11) is 0.